The van der Waals surface area contributed by atoms with E-state index in [0.717, 1.165) is 45.3 Å². The van der Waals surface area contributed by atoms with Crippen LogP contribution in [0.5, 0.6) is 0 Å². The summed E-state index contributed by atoms with van der Waals surface area (Å²) >= 11 is 0. The smallest absolute Gasteiger partial charge is 0.0755 e. The van der Waals surface area contributed by atoms with Crippen LogP contribution in [0.4, 0.5) is 34.1 Å². The van der Waals surface area contributed by atoms with Crippen molar-refractivity contribution < 1.29 is 0 Å². The first-order valence-electron chi connectivity index (χ1n) is 24.2. The molecule has 0 radical (unpaired) electrons. The predicted octanol–water partition coefficient (Wildman–Crippen LogP) is 17.7. The van der Waals surface area contributed by atoms with E-state index in [1.807, 2.05) is 0 Å². The summed E-state index contributed by atoms with van der Waals surface area (Å²) in [5.74, 6) is 0. The Balaban J connectivity index is 0.866. The first kappa shape index (κ1) is 39.9. The Labute approximate surface area is 408 Å². The van der Waals surface area contributed by atoms with Crippen LogP contribution in [0.3, 0.4) is 0 Å². The van der Waals surface area contributed by atoms with E-state index in [-0.39, 0.29) is 0 Å². The van der Waals surface area contributed by atoms with Gasteiger partial charge in [0.05, 0.1) is 22.1 Å². The van der Waals surface area contributed by atoms with Crippen LogP contribution in [-0.2, 0) is 5.41 Å². The molecule has 0 saturated carbocycles. The molecule has 328 valence electrons. The van der Waals surface area contributed by atoms with Crippen molar-refractivity contribution in [3.63, 3.8) is 0 Å². The summed E-state index contributed by atoms with van der Waals surface area (Å²) in [6.07, 6.45) is 0. The largest absolute Gasteiger partial charge is 0.311 e. The highest BCUT2D eigenvalue weighted by Crippen LogP contribution is 2.61. The molecule has 1 spiro atoms. The molecule has 2 heterocycles. The van der Waals surface area contributed by atoms with Crippen LogP contribution in [0.15, 0.2) is 273 Å². The van der Waals surface area contributed by atoms with Gasteiger partial charge in [-0.3, -0.25) is 0 Å². The number of anilines is 6. The minimum Gasteiger partial charge on any atom is -0.311 e. The molecule has 1 aliphatic heterocycles. The molecule has 0 saturated heterocycles. The lowest BCUT2D eigenvalue weighted by molar-refractivity contribution is 0.748. The third-order valence-electron chi connectivity index (χ3n) is 14.8. The molecular weight excluding hydrogens is 847 g/mol. The maximum absolute atomic E-state index is 2.51. The fraction of sp³-hybridized carbons (Fsp3) is 0.0149. The standard InChI is InChI=1S/C67H45N3/c1-4-17-46(18-5-1)47-31-37-52(38-32-47)68(50-19-6-2-7-20-50)53-39-33-48(34-40-53)49-35-41-54(42-36-49)69(51-21-8-3-9-22-51)55-43-44-57-56-23-10-12-26-60(56)67(63(57)45-55)61-27-13-15-30-65(61)70-64-29-14-11-24-58(64)59-25-16-28-62(67)66(59)70/h1-45H. The molecule has 1 unspecified atom stereocenters. The van der Waals surface area contributed by atoms with Gasteiger partial charge in [-0.05, 0) is 141 Å². The van der Waals surface area contributed by atoms with Crippen LogP contribution in [0.25, 0.3) is 60.9 Å². The van der Waals surface area contributed by atoms with E-state index in [2.05, 4.69) is 287 Å². The van der Waals surface area contributed by atoms with Gasteiger partial charge in [0.2, 0.25) is 0 Å². The lowest BCUT2D eigenvalue weighted by Crippen LogP contribution is -2.33. The summed E-state index contributed by atoms with van der Waals surface area (Å²) in [7, 11) is 0. The van der Waals surface area contributed by atoms with Crippen LogP contribution in [0.2, 0.25) is 0 Å². The molecule has 1 atom stereocenters. The minimum atomic E-state index is -0.539. The zero-order valence-corrected chi connectivity index (χ0v) is 38.3. The highest BCUT2D eigenvalue weighted by molar-refractivity contribution is 6.13. The maximum atomic E-state index is 2.51. The quantitative estimate of drug-likeness (QED) is 0.151. The topological polar surface area (TPSA) is 11.4 Å². The van der Waals surface area contributed by atoms with Crippen molar-refractivity contribution in [2.24, 2.45) is 0 Å². The zero-order valence-electron chi connectivity index (χ0n) is 38.3. The second-order valence-electron chi connectivity index (χ2n) is 18.4. The number of para-hydroxylation sites is 5. The van der Waals surface area contributed by atoms with Gasteiger partial charge in [-0.1, -0.05) is 188 Å². The number of benzene rings is 11. The Morgan fingerprint density at radius 1 is 0.271 bits per heavy atom. The molecule has 11 aromatic carbocycles. The van der Waals surface area contributed by atoms with Crippen molar-refractivity contribution in [3.05, 3.63) is 295 Å². The maximum Gasteiger partial charge on any atom is 0.0755 e. The third-order valence-corrected chi connectivity index (χ3v) is 14.8. The van der Waals surface area contributed by atoms with Gasteiger partial charge in [0, 0.05) is 44.9 Å². The van der Waals surface area contributed by atoms with Gasteiger partial charge in [-0.2, -0.15) is 0 Å². The highest BCUT2D eigenvalue weighted by atomic mass is 15.1. The second kappa shape index (κ2) is 16.0. The number of rotatable bonds is 8. The van der Waals surface area contributed by atoms with E-state index in [4.69, 9.17) is 0 Å². The molecule has 3 heteroatoms. The number of hydrogen-bond donors (Lipinski definition) is 0. The van der Waals surface area contributed by atoms with Crippen molar-refractivity contribution >= 4 is 55.9 Å². The van der Waals surface area contributed by atoms with Crippen LogP contribution < -0.4 is 9.80 Å². The summed E-state index contributed by atoms with van der Waals surface area (Å²) in [5.41, 5.74) is 22.4. The third kappa shape index (κ3) is 6.01. The van der Waals surface area contributed by atoms with E-state index in [1.165, 1.54) is 72.0 Å². The number of nitrogens with zero attached hydrogens (tertiary/aromatic N) is 3. The molecule has 0 amide bonds. The van der Waals surface area contributed by atoms with Crippen molar-refractivity contribution in [1.82, 2.24) is 4.57 Å². The van der Waals surface area contributed by atoms with Gasteiger partial charge in [0.15, 0.2) is 0 Å². The molecule has 14 rings (SSSR count). The minimum absolute atomic E-state index is 0.539. The van der Waals surface area contributed by atoms with Crippen molar-refractivity contribution in [2.45, 2.75) is 5.41 Å². The molecular formula is C67H45N3. The van der Waals surface area contributed by atoms with Gasteiger partial charge in [0.25, 0.3) is 0 Å². The van der Waals surface area contributed by atoms with Crippen LogP contribution in [0.1, 0.15) is 22.3 Å². The molecule has 0 fully saturated rings. The highest BCUT2D eigenvalue weighted by Gasteiger charge is 2.51. The number of fused-ring (bicyclic) bond motifs is 12. The summed E-state index contributed by atoms with van der Waals surface area (Å²) in [4.78, 5) is 4.74. The first-order chi connectivity index (χ1) is 34.7. The molecule has 12 aromatic rings. The van der Waals surface area contributed by atoms with E-state index in [0.29, 0.717) is 0 Å². The Kier molecular flexibility index (Phi) is 9.11. The Bertz CT molecular complexity index is 3910. The predicted molar refractivity (Wildman–Crippen MR) is 292 cm³/mol. The number of hydrogen-bond acceptors (Lipinski definition) is 2. The Hall–Kier alpha value is -9.18. The van der Waals surface area contributed by atoms with E-state index < -0.39 is 5.41 Å². The molecule has 70 heavy (non-hydrogen) atoms. The summed E-state index contributed by atoms with van der Waals surface area (Å²) < 4.78 is 2.51. The summed E-state index contributed by atoms with van der Waals surface area (Å²) in [6, 6.07) is 100. The van der Waals surface area contributed by atoms with E-state index >= 15 is 0 Å². The van der Waals surface area contributed by atoms with E-state index in [1.54, 1.807) is 0 Å². The normalized spacial score (nSPS) is 14.1. The van der Waals surface area contributed by atoms with Gasteiger partial charge < -0.3 is 14.4 Å². The lowest BCUT2D eigenvalue weighted by atomic mass is 9.65. The molecule has 2 aliphatic rings. The van der Waals surface area contributed by atoms with Crippen molar-refractivity contribution in [2.75, 3.05) is 9.80 Å². The molecule has 1 aliphatic carbocycles. The average molecular weight is 892 g/mol. The van der Waals surface area contributed by atoms with Gasteiger partial charge >= 0.3 is 0 Å². The molecule has 0 bridgehead atoms. The first-order valence-corrected chi connectivity index (χ1v) is 24.2. The second-order valence-corrected chi connectivity index (χ2v) is 18.4. The zero-order chi connectivity index (χ0) is 46.2. The van der Waals surface area contributed by atoms with Gasteiger partial charge in [-0.25, -0.2) is 0 Å². The lowest BCUT2D eigenvalue weighted by Gasteiger charge is -2.40. The van der Waals surface area contributed by atoms with Gasteiger partial charge in [0.1, 0.15) is 0 Å². The van der Waals surface area contributed by atoms with Gasteiger partial charge in [-0.15, -0.1) is 0 Å². The van der Waals surface area contributed by atoms with Crippen LogP contribution >= 0.6 is 0 Å². The SMILES string of the molecule is c1ccc(-c2ccc(N(c3ccccc3)c3ccc(-c4ccc(N(c5ccccc5)c5ccc6c(c5)C5(c7ccccc7-6)c6ccccc6-n6c7ccccc7c7cccc5c76)cc4)cc3)cc2)cc1. The number of aromatic nitrogens is 1. The summed E-state index contributed by atoms with van der Waals surface area (Å²) in [5, 5.41) is 2.56. The van der Waals surface area contributed by atoms with Crippen molar-refractivity contribution in [1.29, 1.82) is 0 Å². The van der Waals surface area contributed by atoms with Crippen LogP contribution in [-0.4, -0.2) is 4.57 Å². The van der Waals surface area contributed by atoms with Crippen LogP contribution in [0, 0.1) is 0 Å². The fourth-order valence-corrected chi connectivity index (χ4v) is 11.8. The average Bonchev–Trinajstić information content (AvgIpc) is 3.93. The Morgan fingerprint density at radius 2 is 0.700 bits per heavy atom. The monoisotopic (exact) mass is 891 g/mol. The fourth-order valence-electron chi connectivity index (χ4n) is 11.8. The molecule has 0 N–H and O–H groups in total. The van der Waals surface area contributed by atoms with Crippen molar-refractivity contribution in [3.8, 4) is 39.1 Å². The Morgan fingerprint density at radius 3 is 1.33 bits per heavy atom. The molecule has 3 nitrogen and oxygen atoms in total. The van der Waals surface area contributed by atoms with E-state index in [9.17, 15) is 0 Å². The summed E-state index contributed by atoms with van der Waals surface area (Å²) in [6.45, 7) is 0. The molecule has 1 aromatic heterocycles.